The highest BCUT2D eigenvalue weighted by Gasteiger charge is 2.14. The standard InChI is InChI=1S/C21H17FN2O3S/c1-14(25)23-19(11-15-5-3-2-4-6-15)21(26)27-12-18-13-28-20(24-18)16-7-9-17(22)10-8-16/h2-11,13H,12H2,1H3,(H,23,25). The quantitative estimate of drug-likeness (QED) is 0.502. The van der Waals surface area contributed by atoms with E-state index in [1.54, 1.807) is 23.6 Å². The molecule has 1 aromatic heterocycles. The number of nitrogens with zero attached hydrogens (tertiary/aromatic N) is 1. The molecule has 1 N–H and O–H groups in total. The average Bonchev–Trinajstić information content (AvgIpc) is 3.15. The van der Waals surface area contributed by atoms with E-state index in [2.05, 4.69) is 10.3 Å². The van der Waals surface area contributed by atoms with Gasteiger partial charge < -0.3 is 10.1 Å². The fourth-order valence-corrected chi connectivity index (χ4v) is 3.18. The van der Waals surface area contributed by atoms with Gasteiger partial charge in [-0.3, -0.25) is 4.79 Å². The van der Waals surface area contributed by atoms with Crippen molar-refractivity contribution in [1.29, 1.82) is 0 Å². The van der Waals surface area contributed by atoms with Crippen molar-refractivity contribution >= 4 is 29.3 Å². The van der Waals surface area contributed by atoms with Crippen LogP contribution in [0, 0.1) is 5.82 Å². The summed E-state index contributed by atoms with van der Waals surface area (Å²) in [6.45, 7) is 1.28. The van der Waals surface area contributed by atoms with E-state index in [0.29, 0.717) is 10.7 Å². The van der Waals surface area contributed by atoms with E-state index in [-0.39, 0.29) is 24.0 Å². The lowest BCUT2D eigenvalue weighted by atomic mass is 10.2. The van der Waals surface area contributed by atoms with Gasteiger partial charge >= 0.3 is 5.97 Å². The Bertz CT molecular complexity index is 998. The molecule has 1 amide bonds. The van der Waals surface area contributed by atoms with Crippen LogP contribution in [0.2, 0.25) is 0 Å². The maximum absolute atomic E-state index is 13.0. The van der Waals surface area contributed by atoms with Crippen molar-refractivity contribution in [2.24, 2.45) is 0 Å². The highest BCUT2D eigenvalue weighted by atomic mass is 32.1. The summed E-state index contributed by atoms with van der Waals surface area (Å²) in [5.41, 5.74) is 2.16. The number of carbonyl (C=O) groups excluding carboxylic acids is 2. The first-order valence-electron chi connectivity index (χ1n) is 8.43. The second-order valence-electron chi connectivity index (χ2n) is 5.88. The first kappa shape index (κ1) is 19.4. The van der Waals surface area contributed by atoms with Gasteiger partial charge in [-0.25, -0.2) is 14.2 Å². The molecule has 0 aliphatic heterocycles. The van der Waals surface area contributed by atoms with E-state index in [1.807, 2.05) is 30.3 Å². The highest BCUT2D eigenvalue weighted by Crippen LogP contribution is 2.24. The topological polar surface area (TPSA) is 68.3 Å². The third-order valence-electron chi connectivity index (χ3n) is 3.64. The van der Waals surface area contributed by atoms with Crippen molar-refractivity contribution in [2.75, 3.05) is 0 Å². The molecule has 3 aromatic rings. The van der Waals surface area contributed by atoms with Crippen molar-refractivity contribution in [3.63, 3.8) is 0 Å². The summed E-state index contributed by atoms with van der Waals surface area (Å²) in [6, 6.07) is 15.1. The Morgan fingerprint density at radius 2 is 1.86 bits per heavy atom. The molecule has 0 saturated heterocycles. The van der Waals surface area contributed by atoms with Crippen LogP contribution >= 0.6 is 11.3 Å². The smallest absolute Gasteiger partial charge is 0.355 e. The summed E-state index contributed by atoms with van der Waals surface area (Å²) in [7, 11) is 0. The van der Waals surface area contributed by atoms with Gasteiger partial charge in [0.05, 0.1) is 5.69 Å². The molecule has 1 heterocycles. The molecule has 0 aliphatic rings. The number of nitrogens with one attached hydrogen (secondary N) is 1. The molecule has 0 spiro atoms. The second-order valence-corrected chi connectivity index (χ2v) is 6.74. The number of ether oxygens (including phenoxy) is 1. The lowest BCUT2D eigenvalue weighted by molar-refractivity contribution is -0.141. The molecular formula is C21H17FN2O3S. The first-order chi connectivity index (χ1) is 13.5. The van der Waals surface area contributed by atoms with Crippen LogP contribution in [-0.4, -0.2) is 16.9 Å². The summed E-state index contributed by atoms with van der Waals surface area (Å²) in [6.07, 6.45) is 1.55. The third kappa shape index (κ3) is 5.34. The molecule has 3 rings (SSSR count). The number of carbonyl (C=O) groups is 2. The van der Waals surface area contributed by atoms with Crippen molar-refractivity contribution in [3.05, 3.63) is 82.7 Å². The van der Waals surface area contributed by atoms with Crippen LogP contribution in [0.3, 0.4) is 0 Å². The van der Waals surface area contributed by atoms with Crippen molar-refractivity contribution < 1.29 is 18.7 Å². The third-order valence-corrected chi connectivity index (χ3v) is 4.58. The maximum atomic E-state index is 13.0. The van der Waals surface area contributed by atoms with E-state index in [9.17, 15) is 14.0 Å². The second kappa shape index (κ2) is 9.05. The van der Waals surface area contributed by atoms with Gasteiger partial charge in [0.2, 0.25) is 5.91 Å². The first-order valence-corrected chi connectivity index (χ1v) is 9.31. The predicted octanol–water partition coefficient (Wildman–Crippen LogP) is 4.17. The normalized spacial score (nSPS) is 11.1. The lowest BCUT2D eigenvalue weighted by Gasteiger charge is -2.08. The number of aromatic nitrogens is 1. The number of thiazole rings is 1. The molecule has 28 heavy (non-hydrogen) atoms. The molecule has 0 fully saturated rings. The molecule has 2 aromatic carbocycles. The Morgan fingerprint density at radius 3 is 2.54 bits per heavy atom. The summed E-state index contributed by atoms with van der Waals surface area (Å²) >= 11 is 1.37. The zero-order valence-corrected chi connectivity index (χ0v) is 15.8. The Labute approximate surface area is 165 Å². The molecule has 142 valence electrons. The number of halogens is 1. The lowest BCUT2D eigenvalue weighted by Crippen LogP contribution is -2.26. The Kier molecular flexibility index (Phi) is 6.29. The SMILES string of the molecule is CC(=O)NC(=Cc1ccccc1)C(=O)OCc1csc(-c2ccc(F)cc2)n1. The zero-order chi connectivity index (χ0) is 19.9. The number of benzene rings is 2. The fourth-order valence-electron chi connectivity index (χ4n) is 2.37. The van der Waals surface area contributed by atoms with E-state index < -0.39 is 5.97 Å². The van der Waals surface area contributed by atoms with Crippen LogP contribution < -0.4 is 5.32 Å². The Balaban J connectivity index is 1.68. The van der Waals surface area contributed by atoms with Gasteiger partial charge in [-0.2, -0.15) is 0 Å². The monoisotopic (exact) mass is 396 g/mol. The zero-order valence-electron chi connectivity index (χ0n) is 15.0. The Hall–Kier alpha value is -3.32. The fraction of sp³-hybridized carbons (Fsp3) is 0.0952. The summed E-state index contributed by atoms with van der Waals surface area (Å²) in [5.74, 6) is -1.34. The van der Waals surface area contributed by atoms with Gasteiger partial charge in [-0.15, -0.1) is 11.3 Å². The van der Waals surface area contributed by atoms with Gasteiger partial charge in [0.15, 0.2) is 0 Å². The molecule has 0 aliphatic carbocycles. The molecule has 0 unspecified atom stereocenters. The largest absolute Gasteiger partial charge is 0.454 e. The summed E-state index contributed by atoms with van der Waals surface area (Å²) in [4.78, 5) is 28.2. The van der Waals surface area contributed by atoms with Gasteiger partial charge in [0, 0.05) is 17.9 Å². The van der Waals surface area contributed by atoms with Crippen LogP contribution in [0.25, 0.3) is 16.6 Å². The van der Waals surface area contributed by atoms with Crippen molar-refractivity contribution in [2.45, 2.75) is 13.5 Å². The molecule has 0 bridgehead atoms. The minimum absolute atomic E-state index is 0.0394. The van der Waals surface area contributed by atoms with Crippen molar-refractivity contribution in [1.82, 2.24) is 10.3 Å². The summed E-state index contributed by atoms with van der Waals surface area (Å²) in [5, 5.41) is 4.97. The van der Waals surface area contributed by atoms with Crippen LogP contribution in [0.1, 0.15) is 18.2 Å². The minimum Gasteiger partial charge on any atom is -0.454 e. The van der Waals surface area contributed by atoms with Gasteiger partial charge in [0.25, 0.3) is 0 Å². The molecule has 0 atom stereocenters. The summed E-state index contributed by atoms with van der Waals surface area (Å²) < 4.78 is 18.3. The van der Waals surface area contributed by atoms with E-state index >= 15 is 0 Å². The van der Waals surface area contributed by atoms with Gasteiger partial charge in [-0.05, 0) is 35.9 Å². The van der Waals surface area contributed by atoms with E-state index in [4.69, 9.17) is 4.74 Å². The van der Waals surface area contributed by atoms with Gasteiger partial charge in [0.1, 0.15) is 23.1 Å². The van der Waals surface area contributed by atoms with Crippen LogP contribution in [0.15, 0.2) is 65.7 Å². The molecule has 0 saturated carbocycles. The predicted molar refractivity (Wildman–Crippen MR) is 106 cm³/mol. The minimum atomic E-state index is -0.657. The number of hydrogen-bond donors (Lipinski definition) is 1. The van der Waals surface area contributed by atoms with Crippen LogP contribution in [0.4, 0.5) is 4.39 Å². The molecule has 0 radical (unpaired) electrons. The average molecular weight is 396 g/mol. The number of amides is 1. The maximum Gasteiger partial charge on any atom is 0.355 e. The number of hydrogen-bond acceptors (Lipinski definition) is 5. The highest BCUT2D eigenvalue weighted by molar-refractivity contribution is 7.13. The van der Waals surface area contributed by atoms with Crippen LogP contribution in [-0.2, 0) is 20.9 Å². The molecular weight excluding hydrogens is 379 g/mol. The van der Waals surface area contributed by atoms with Gasteiger partial charge in [-0.1, -0.05) is 30.3 Å². The number of rotatable bonds is 6. The van der Waals surface area contributed by atoms with Crippen LogP contribution in [0.5, 0.6) is 0 Å². The van der Waals surface area contributed by atoms with E-state index in [1.165, 1.54) is 30.4 Å². The van der Waals surface area contributed by atoms with Crippen molar-refractivity contribution in [3.8, 4) is 10.6 Å². The Morgan fingerprint density at radius 1 is 1.14 bits per heavy atom. The number of esters is 1. The van der Waals surface area contributed by atoms with E-state index in [0.717, 1.165) is 11.1 Å². The molecule has 5 nitrogen and oxygen atoms in total. The molecule has 7 heteroatoms.